The quantitative estimate of drug-likeness (QED) is 0.781. The first-order valence-corrected chi connectivity index (χ1v) is 6.72. The van der Waals surface area contributed by atoms with Crippen molar-refractivity contribution >= 4 is 23.5 Å². The van der Waals surface area contributed by atoms with Gasteiger partial charge in [0.2, 0.25) is 5.91 Å². The van der Waals surface area contributed by atoms with E-state index in [1.165, 1.54) is 7.05 Å². The number of carbonyl (C=O) groups excluding carboxylic acids is 2. The van der Waals surface area contributed by atoms with Crippen molar-refractivity contribution < 1.29 is 9.59 Å². The fourth-order valence-corrected chi connectivity index (χ4v) is 2.24. The molecule has 7 heteroatoms. The number of hydrogen-bond donors (Lipinski definition) is 2. The minimum Gasteiger partial charge on any atom is -0.373 e. The lowest BCUT2D eigenvalue weighted by Gasteiger charge is -2.13. The monoisotopic (exact) mass is 275 g/mol. The molecule has 106 valence electrons. The van der Waals surface area contributed by atoms with Gasteiger partial charge in [-0.1, -0.05) is 0 Å². The van der Waals surface area contributed by atoms with Crippen molar-refractivity contribution in [2.75, 3.05) is 24.7 Å². The molecule has 1 atom stereocenters. The molecular weight excluding hydrogens is 258 g/mol. The van der Waals surface area contributed by atoms with E-state index in [0.29, 0.717) is 11.7 Å². The average molecular weight is 275 g/mol. The summed E-state index contributed by atoms with van der Waals surface area (Å²) in [5.74, 6) is 2.14. The summed E-state index contributed by atoms with van der Waals surface area (Å²) in [5.41, 5.74) is 0. The van der Waals surface area contributed by atoms with Gasteiger partial charge in [0.15, 0.2) is 0 Å². The molecule has 3 rings (SSSR count). The Kier molecular flexibility index (Phi) is 3.04. The fraction of sp³-hybridized carbons (Fsp3) is 0.538. The van der Waals surface area contributed by atoms with Crippen LogP contribution in [0.15, 0.2) is 6.07 Å². The lowest BCUT2D eigenvalue weighted by Crippen LogP contribution is -2.32. The number of imide groups is 1. The summed E-state index contributed by atoms with van der Waals surface area (Å²) in [6, 6.07) is 1.22. The molecular formula is C13H17N5O2. The maximum Gasteiger partial charge on any atom is 0.251 e. The zero-order valence-electron chi connectivity index (χ0n) is 11.5. The second-order valence-electron chi connectivity index (χ2n) is 5.21. The lowest BCUT2D eigenvalue weighted by molar-refractivity contribution is -0.136. The van der Waals surface area contributed by atoms with Crippen molar-refractivity contribution in [3.05, 3.63) is 11.9 Å². The Morgan fingerprint density at radius 1 is 1.25 bits per heavy atom. The Bertz CT molecular complexity index is 570. The molecule has 2 fully saturated rings. The van der Waals surface area contributed by atoms with Gasteiger partial charge in [0.25, 0.3) is 5.91 Å². The first-order chi connectivity index (χ1) is 9.58. The zero-order valence-corrected chi connectivity index (χ0v) is 11.5. The van der Waals surface area contributed by atoms with E-state index in [-0.39, 0.29) is 18.2 Å². The van der Waals surface area contributed by atoms with Crippen molar-refractivity contribution in [2.24, 2.45) is 0 Å². The molecule has 1 saturated heterocycles. The SMILES string of the molecule is CNc1cc(NC2CC(=O)N(C)C2=O)nc(C2CC2)n1. The van der Waals surface area contributed by atoms with E-state index in [1.807, 2.05) is 0 Å². The number of likely N-dealkylation sites (tertiary alicyclic amines) is 1. The summed E-state index contributed by atoms with van der Waals surface area (Å²) < 4.78 is 0. The first-order valence-electron chi connectivity index (χ1n) is 6.72. The van der Waals surface area contributed by atoms with Crippen molar-refractivity contribution in [3.8, 4) is 0 Å². The van der Waals surface area contributed by atoms with Gasteiger partial charge in [0, 0.05) is 26.1 Å². The number of amides is 2. The maximum atomic E-state index is 11.9. The van der Waals surface area contributed by atoms with Crippen LogP contribution in [0.25, 0.3) is 0 Å². The Labute approximate surface area is 116 Å². The molecule has 2 aliphatic rings. The number of nitrogens with zero attached hydrogens (tertiary/aromatic N) is 3. The van der Waals surface area contributed by atoms with Gasteiger partial charge in [-0.2, -0.15) is 0 Å². The predicted molar refractivity (Wildman–Crippen MR) is 73.4 cm³/mol. The third-order valence-electron chi connectivity index (χ3n) is 3.65. The molecule has 2 amide bonds. The summed E-state index contributed by atoms with van der Waals surface area (Å²) in [4.78, 5) is 33.4. The van der Waals surface area contributed by atoms with E-state index in [9.17, 15) is 9.59 Å². The van der Waals surface area contributed by atoms with Crippen molar-refractivity contribution in [1.82, 2.24) is 14.9 Å². The Hall–Kier alpha value is -2.18. The molecule has 0 spiro atoms. The molecule has 0 bridgehead atoms. The van der Waals surface area contributed by atoms with Gasteiger partial charge in [-0.05, 0) is 12.8 Å². The molecule has 2 N–H and O–H groups in total. The average Bonchev–Trinajstić information content (AvgIpc) is 3.25. The van der Waals surface area contributed by atoms with E-state index in [1.54, 1.807) is 13.1 Å². The van der Waals surface area contributed by atoms with Crippen molar-refractivity contribution in [2.45, 2.75) is 31.2 Å². The van der Waals surface area contributed by atoms with Gasteiger partial charge < -0.3 is 10.6 Å². The number of carbonyl (C=O) groups is 2. The largest absolute Gasteiger partial charge is 0.373 e. The second kappa shape index (κ2) is 4.73. The van der Waals surface area contributed by atoms with E-state index in [2.05, 4.69) is 20.6 Å². The normalized spacial score (nSPS) is 22.3. The molecule has 1 aromatic heterocycles. The van der Waals surface area contributed by atoms with Crippen LogP contribution in [0.5, 0.6) is 0 Å². The van der Waals surface area contributed by atoms with E-state index >= 15 is 0 Å². The minimum atomic E-state index is -0.529. The third-order valence-corrected chi connectivity index (χ3v) is 3.65. The van der Waals surface area contributed by atoms with Crippen molar-refractivity contribution in [1.29, 1.82) is 0 Å². The van der Waals surface area contributed by atoms with Crippen LogP contribution in [0.1, 0.15) is 31.0 Å². The maximum absolute atomic E-state index is 11.9. The Balaban J connectivity index is 1.81. The molecule has 1 aliphatic heterocycles. The highest BCUT2D eigenvalue weighted by atomic mass is 16.2. The summed E-state index contributed by atoms with van der Waals surface area (Å²) in [6.07, 6.45) is 2.39. The van der Waals surface area contributed by atoms with Gasteiger partial charge in [0.05, 0.1) is 6.42 Å². The highest BCUT2D eigenvalue weighted by molar-refractivity contribution is 6.06. The summed E-state index contributed by atoms with van der Waals surface area (Å²) >= 11 is 0. The van der Waals surface area contributed by atoms with Gasteiger partial charge >= 0.3 is 0 Å². The van der Waals surface area contributed by atoms with Crippen LogP contribution in [0.4, 0.5) is 11.6 Å². The topological polar surface area (TPSA) is 87.2 Å². The van der Waals surface area contributed by atoms with Gasteiger partial charge in [0.1, 0.15) is 23.5 Å². The second-order valence-corrected chi connectivity index (χ2v) is 5.21. The van der Waals surface area contributed by atoms with Crippen LogP contribution in [0, 0.1) is 0 Å². The van der Waals surface area contributed by atoms with Crippen LogP contribution in [-0.2, 0) is 9.59 Å². The number of rotatable bonds is 4. The molecule has 1 saturated carbocycles. The van der Waals surface area contributed by atoms with E-state index in [4.69, 9.17) is 0 Å². The van der Waals surface area contributed by atoms with Crippen LogP contribution in [0.3, 0.4) is 0 Å². The van der Waals surface area contributed by atoms with Crippen molar-refractivity contribution in [3.63, 3.8) is 0 Å². The minimum absolute atomic E-state index is 0.169. The van der Waals surface area contributed by atoms with Gasteiger partial charge in [-0.3, -0.25) is 14.5 Å². The molecule has 0 radical (unpaired) electrons. The number of likely N-dealkylation sites (N-methyl/N-ethyl adjacent to an activating group) is 1. The number of nitrogens with one attached hydrogen (secondary N) is 2. The summed E-state index contributed by atoms with van der Waals surface area (Å²) in [6.45, 7) is 0. The summed E-state index contributed by atoms with van der Waals surface area (Å²) in [7, 11) is 3.29. The first kappa shape index (κ1) is 12.8. The fourth-order valence-electron chi connectivity index (χ4n) is 2.24. The van der Waals surface area contributed by atoms with Crippen LogP contribution < -0.4 is 10.6 Å². The molecule has 2 heterocycles. The van der Waals surface area contributed by atoms with Gasteiger partial charge in [-0.25, -0.2) is 9.97 Å². The van der Waals surface area contributed by atoms with E-state index in [0.717, 1.165) is 29.4 Å². The highest BCUT2D eigenvalue weighted by Crippen LogP contribution is 2.38. The molecule has 1 aromatic rings. The van der Waals surface area contributed by atoms with E-state index < -0.39 is 6.04 Å². The van der Waals surface area contributed by atoms with Crippen LogP contribution in [0.2, 0.25) is 0 Å². The lowest BCUT2D eigenvalue weighted by atomic mass is 10.2. The van der Waals surface area contributed by atoms with Crippen LogP contribution in [-0.4, -0.2) is 46.8 Å². The number of aromatic nitrogens is 2. The Morgan fingerprint density at radius 3 is 2.50 bits per heavy atom. The number of anilines is 2. The highest BCUT2D eigenvalue weighted by Gasteiger charge is 2.36. The van der Waals surface area contributed by atoms with Crippen LogP contribution >= 0.6 is 0 Å². The Morgan fingerprint density at radius 2 is 1.95 bits per heavy atom. The smallest absolute Gasteiger partial charge is 0.251 e. The molecule has 1 aliphatic carbocycles. The predicted octanol–water partition coefficient (Wildman–Crippen LogP) is 0.565. The molecule has 7 nitrogen and oxygen atoms in total. The standard InChI is InChI=1S/C13H17N5O2/c1-14-9-6-10(17-12(16-9)7-3-4-7)15-8-5-11(19)18(2)13(8)20/h6-8H,3-5H2,1-2H3,(H2,14,15,16,17). The number of hydrogen-bond acceptors (Lipinski definition) is 6. The third kappa shape index (κ3) is 2.31. The zero-order chi connectivity index (χ0) is 14.3. The summed E-state index contributed by atoms with van der Waals surface area (Å²) in [5, 5.41) is 6.04. The molecule has 0 aromatic carbocycles. The molecule has 20 heavy (non-hydrogen) atoms. The molecule has 1 unspecified atom stereocenters. The van der Waals surface area contributed by atoms with Gasteiger partial charge in [-0.15, -0.1) is 0 Å².